The Labute approximate surface area is 164 Å². The van der Waals surface area contributed by atoms with E-state index in [1.807, 2.05) is 42.5 Å². The van der Waals surface area contributed by atoms with E-state index in [4.69, 9.17) is 0 Å². The number of nitrogens with zero attached hydrogens (tertiary/aromatic N) is 1. The number of aromatic nitrogens is 1. The number of anilines is 4. The zero-order valence-corrected chi connectivity index (χ0v) is 15.8. The zero-order chi connectivity index (χ0) is 19.9. The number of nitrogens with one attached hydrogen (secondary N) is 3. The molecule has 0 spiro atoms. The zero-order valence-electron chi connectivity index (χ0n) is 15.8. The summed E-state index contributed by atoms with van der Waals surface area (Å²) >= 11 is 0. The number of amides is 2. The van der Waals surface area contributed by atoms with Crippen LogP contribution < -0.4 is 16.0 Å². The number of carbonyl (C=O) groups excluding carboxylic acids is 2. The molecule has 0 saturated heterocycles. The van der Waals surface area contributed by atoms with E-state index in [9.17, 15) is 9.59 Å². The van der Waals surface area contributed by atoms with Crippen LogP contribution >= 0.6 is 0 Å². The summed E-state index contributed by atoms with van der Waals surface area (Å²) in [5, 5.41) is 8.81. The van der Waals surface area contributed by atoms with Gasteiger partial charge in [-0.2, -0.15) is 0 Å². The Morgan fingerprint density at radius 1 is 0.857 bits per heavy atom. The Bertz CT molecular complexity index is 984. The van der Waals surface area contributed by atoms with Crippen LogP contribution in [0.15, 0.2) is 67.0 Å². The van der Waals surface area contributed by atoms with Crippen molar-refractivity contribution in [2.75, 3.05) is 16.0 Å². The minimum absolute atomic E-state index is 0.135. The Hall–Kier alpha value is -3.67. The second-order valence-electron chi connectivity index (χ2n) is 6.35. The molecule has 1 heterocycles. The maximum absolute atomic E-state index is 12.5. The number of benzene rings is 2. The first-order valence-electron chi connectivity index (χ1n) is 9.03. The fourth-order valence-corrected chi connectivity index (χ4v) is 2.70. The first-order valence-corrected chi connectivity index (χ1v) is 9.03. The number of hydrogen-bond donors (Lipinski definition) is 3. The van der Waals surface area contributed by atoms with E-state index in [-0.39, 0.29) is 11.8 Å². The Kier molecular flexibility index (Phi) is 6.01. The van der Waals surface area contributed by atoms with Crippen molar-refractivity contribution < 1.29 is 9.59 Å². The van der Waals surface area contributed by atoms with Crippen molar-refractivity contribution in [3.63, 3.8) is 0 Å². The lowest BCUT2D eigenvalue weighted by Crippen LogP contribution is -2.12. The third-order valence-electron chi connectivity index (χ3n) is 4.09. The van der Waals surface area contributed by atoms with Crippen LogP contribution in [-0.2, 0) is 11.2 Å². The van der Waals surface area contributed by atoms with Crippen LogP contribution in [0.5, 0.6) is 0 Å². The van der Waals surface area contributed by atoms with Crippen LogP contribution in [0.4, 0.5) is 22.7 Å². The van der Waals surface area contributed by atoms with E-state index in [2.05, 4.69) is 27.9 Å². The van der Waals surface area contributed by atoms with Gasteiger partial charge < -0.3 is 16.0 Å². The fourth-order valence-electron chi connectivity index (χ4n) is 2.70. The van der Waals surface area contributed by atoms with Crippen molar-refractivity contribution in [3.05, 3.63) is 78.1 Å². The number of aryl methyl sites for hydroxylation is 1. The standard InChI is InChI=1S/C22H22N4O2/c1-3-16-7-9-18(10-8-16)26-22(28)17-11-21(14-23-13-17)25-20-6-4-5-19(12-20)24-15(2)27/h4-14,25H,3H2,1-2H3,(H,24,27)(H,26,28). The summed E-state index contributed by atoms with van der Waals surface area (Å²) in [4.78, 5) is 27.9. The monoisotopic (exact) mass is 374 g/mol. The SMILES string of the molecule is CCc1ccc(NC(=O)c2cncc(Nc3cccc(NC(C)=O)c3)c2)cc1. The number of pyridine rings is 1. The third-order valence-corrected chi connectivity index (χ3v) is 4.09. The maximum atomic E-state index is 12.5. The summed E-state index contributed by atoms with van der Waals surface area (Å²) in [6, 6.07) is 16.8. The lowest BCUT2D eigenvalue weighted by Gasteiger charge is -2.10. The lowest BCUT2D eigenvalue weighted by molar-refractivity contribution is -0.114. The van der Waals surface area contributed by atoms with Gasteiger partial charge in [0, 0.05) is 30.2 Å². The largest absolute Gasteiger partial charge is 0.354 e. The highest BCUT2D eigenvalue weighted by Gasteiger charge is 2.08. The van der Waals surface area contributed by atoms with Gasteiger partial charge in [-0.15, -0.1) is 0 Å². The van der Waals surface area contributed by atoms with Crippen LogP contribution in [0, 0.1) is 0 Å². The summed E-state index contributed by atoms with van der Waals surface area (Å²) in [5.41, 5.74) is 4.54. The highest BCUT2D eigenvalue weighted by Crippen LogP contribution is 2.21. The number of hydrogen-bond acceptors (Lipinski definition) is 4. The summed E-state index contributed by atoms with van der Waals surface area (Å²) in [6.45, 7) is 3.55. The van der Waals surface area contributed by atoms with Crippen LogP contribution in [0.1, 0.15) is 29.8 Å². The molecule has 3 N–H and O–H groups in total. The summed E-state index contributed by atoms with van der Waals surface area (Å²) in [5.74, 6) is -0.364. The molecule has 142 valence electrons. The van der Waals surface area contributed by atoms with E-state index in [0.717, 1.165) is 17.8 Å². The maximum Gasteiger partial charge on any atom is 0.257 e. The Morgan fingerprint density at radius 3 is 2.32 bits per heavy atom. The smallest absolute Gasteiger partial charge is 0.257 e. The van der Waals surface area contributed by atoms with Crippen molar-refractivity contribution in [1.29, 1.82) is 0 Å². The van der Waals surface area contributed by atoms with Gasteiger partial charge in [0.1, 0.15) is 0 Å². The molecular weight excluding hydrogens is 352 g/mol. The van der Waals surface area contributed by atoms with Crippen LogP contribution in [0.3, 0.4) is 0 Å². The van der Waals surface area contributed by atoms with E-state index >= 15 is 0 Å². The van der Waals surface area contributed by atoms with Crippen molar-refractivity contribution in [1.82, 2.24) is 4.98 Å². The lowest BCUT2D eigenvalue weighted by atomic mass is 10.1. The van der Waals surface area contributed by atoms with Crippen molar-refractivity contribution in [2.45, 2.75) is 20.3 Å². The second-order valence-corrected chi connectivity index (χ2v) is 6.35. The van der Waals surface area contributed by atoms with E-state index < -0.39 is 0 Å². The molecule has 0 aliphatic carbocycles. The average molecular weight is 374 g/mol. The molecule has 3 aromatic rings. The van der Waals surface area contributed by atoms with Gasteiger partial charge in [-0.05, 0) is 48.4 Å². The first-order chi connectivity index (χ1) is 13.5. The molecule has 0 bridgehead atoms. The van der Waals surface area contributed by atoms with Crippen molar-refractivity contribution in [2.24, 2.45) is 0 Å². The fraction of sp³-hybridized carbons (Fsp3) is 0.136. The van der Waals surface area contributed by atoms with Gasteiger partial charge in [0.05, 0.1) is 17.4 Å². The molecule has 0 atom stereocenters. The summed E-state index contributed by atoms with van der Waals surface area (Å²) < 4.78 is 0. The second kappa shape index (κ2) is 8.81. The third kappa shape index (κ3) is 5.17. The van der Waals surface area contributed by atoms with Crippen LogP contribution in [0.2, 0.25) is 0 Å². The van der Waals surface area contributed by atoms with Gasteiger partial charge in [0.25, 0.3) is 5.91 Å². The molecule has 0 unspecified atom stereocenters. The summed E-state index contributed by atoms with van der Waals surface area (Å²) in [7, 11) is 0. The molecule has 0 fully saturated rings. The molecule has 0 aliphatic heterocycles. The van der Waals surface area contributed by atoms with Crippen molar-refractivity contribution in [3.8, 4) is 0 Å². The van der Waals surface area contributed by atoms with E-state index in [0.29, 0.717) is 16.9 Å². The molecule has 6 heteroatoms. The first kappa shape index (κ1) is 19.1. The molecule has 3 rings (SSSR count). The molecule has 28 heavy (non-hydrogen) atoms. The molecule has 0 aliphatic rings. The normalized spacial score (nSPS) is 10.2. The number of rotatable bonds is 6. The molecule has 0 saturated carbocycles. The van der Waals surface area contributed by atoms with Gasteiger partial charge in [0.15, 0.2) is 0 Å². The van der Waals surface area contributed by atoms with Gasteiger partial charge in [-0.3, -0.25) is 14.6 Å². The topological polar surface area (TPSA) is 83.1 Å². The van der Waals surface area contributed by atoms with Crippen molar-refractivity contribution >= 4 is 34.6 Å². The predicted molar refractivity (Wildman–Crippen MR) is 112 cm³/mol. The molecular formula is C22H22N4O2. The highest BCUT2D eigenvalue weighted by atomic mass is 16.2. The number of carbonyl (C=O) groups is 2. The molecule has 1 aromatic heterocycles. The predicted octanol–water partition coefficient (Wildman–Crippen LogP) is 4.60. The van der Waals surface area contributed by atoms with Crippen LogP contribution in [0.25, 0.3) is 0 Å². The van der Waals surface area contributed by atoms with Gasteiger partial charge in [-0.1, -0.05) is 25.1 Å². The highest BCUT2D eigenvalue weighted by molar-refractivity contribution is 6.04. The minimum atomic E-state index is -0.229. The summed E-state index contributed by atoms with van der Waals surface area (Å²) in [6.07, 6.45) is 4.11. The molecule has 2 aromatic carbocycles. The molecule has 6 nitrogen and oxygen atoms in total. The Morgan fingerprint density at radius 2 is 1.61 bits per heavy atom. The minimum Gasteiger partial charge on any atom is -0.354 e. The molecule has 0 radical (unpaired) electrons. The Balaban J connectivity index is 1.71. The van der Waals surface area contributed by atoms with Gasteiger partial charge >= 0.3 is 0 Å². The van der Waals surface area contributed by atoms with Gasteiger partial charge in [0.2, 0.25) is 5.91 Å². The average Bonchev–Trinajstić information content (AvgIpc) is 2.68. The van der Waals surface area contributed by atoms with E-state index in [1.165, 1.54) is 18.7 Å². The van der Waals surface area contributed by atoms with Gasteiger partial charge in [-0.25, -0.2) is 0 Å². The van der Waals surface area contributed by atoms with E-state index in [1.54, 1.807) is 18.3 Å². The van der Waals surface area contributed by atoms with Crippen LogP contribution in [-0.4, -0.2) is 16.8 Å². The molecule has 2 amide bonds. The quantitative estimate of drug-likeness (QED) is 0.589.